The average Bonchev–Trinajstić information content (AvgIpc) is 2.50. The van der Waals surface area contributed by atoms with Crippen LogP contribution in [0.1, 0.15) is 20.8 Å². The SMILES string of the molecule is CC(C)(C)[Si](OC[C]1COC1)(c1ccccc1)c1ccccc1. The van der Waals surface area contributed by atoms with Crippen molar-refractivity contribution in [2.45, 2.75) is 25.8 Å². The van der Waals surface area contributed by atoms with Crippen LogP contribution in [0.4, 0.5) is 0 Å². The van der Waals surface area contributed by atoms with Gasteiger partial charge >= 0.3 is 0 Å². The summed E-state index contributed by atoms with van der Waals surface area (Å²) in [6.45, 7) is 9.12. The summed E-state index contributed by atoms with van der Waals surface area (Å²) in [5, 5.41) is 2.71. The second-order valence-corrected chi connectivity index (χ2v) is 11.5. The maximum Gasteiger partial charge on any atom is 0.261 e. The highest BCUT2D eigenvalue weighted by Gasteiger charge is 2.50. The van der Waals surface area contributed by atoms with Crippen molar-refractivity contribution < 1.29 is 9.16 Å². The molecule has 0 aliphatic carbocycles. The molecule has 1 saturated heterocycles. The van der Waals surface area contributed by atoms with Gasteiger partial charge in [0.15, 0.2) is 0 Å². The van der Waals surface area contributed by atoms with Gasteiger partial charge < -0.3 is 9.16 Å². The molecule has 1 fully saturated rings. The molecule has 2 nitrogen and oxygen atoms in total. The molecule has 0 amide bonds. The molecular weight excluding hydrogens is 300 g/mol. The molecule has 0 atom stereocenters. The van der Waals surface area contributed by atoms with Crippen molar-refractivity contribution in [3.63, 3.8) is 0 Å². The van der Waals surface area contributed by atoms with Crippen LogP contribution in [0.2, 0.25) is 5.04 Å². The average molecular weight is 326 g/mol. The van der Waals surface area contributed by atoms with E-state index in [1.54, 1.807) is 0 Å². The molecule has 0 N–H and O–H groups in total. The number of rotatable bonds is 5. The summed E-state index contributed by atoms with van der Waals surface area (Å²) < 4.78 is 12.1. The molecule has 3 rings (SSSR count). The van der Waals surface area contributed by atoms with Crippen LogP contribution in [0.25, 0.3) is 0 Å². The van der Waals surface area contributed by atoms with Gasteiger partial charge in [-0.25, -0.2) is 0 Å². The van der Waals surface area contributed by atoms with E-state index in [-0.39, 0.29) is 5.04 Å². The summed E-state index contributed by atoms with van der Waals surface area (Å²) in [6, 6.07) is 21.5. The van der Waals surface area contributed by atoms with Crippen molar-refractivity contribution in [3.8, 4) is 0 Å². The molecule has 0 bridgehead atoms. The molecule has 23 heavy (non-hydrogen) atoms. The van der Waals surface area contributed by atoms with Crippen LogP contribution in [0.5, 0.6) is 0 Å². The number of hydrogen-bond donors (Lipinski definition) is 0. The molecule has 0 unspecified atom stereocenters. The van der Waals surface area contributed by atoms with Crippen LogP contribution >= 0.6 is 0 Å². The Labute approximate surface area is 140 Å². The predicted molar refractivity (Wildman–Crippen MR) is 97.6 cm³/mol. The highest BCUT2D eigenvalue weighted by atomic mass is 28.4. The lowest BCUT2D eigenvalue weighted by Crippen LogP contribution is -2.67. The van der Waals surface area contributed by atoms with E-state index >= 15 is 0 Å². The van der Waals surface area contributed by atoms with Gasteiger partial charge in [0.1, 0.15) is 0 Å². The second kappa shape index (κ2) is 6.60. The van der Waals surface area contributed by atoms with Crippen LogP contribution < -0.4 is 10.4 Å². The molecule has 2 aromatic rings. The van der Waals surface area contributed by atoms with E-state index in [2.05, 4.69) is 81.4 Å². The third kappa shape index (κ3) is 3.14. The number of hydrogen-bond acceptors (Lipinski definition) is 2. The Hall–Kier alpha value is -1.42. The topological polar surface area (TPSA) is 18.5 Å². The van der Waals surface area contributed by atoms with Gasteiger partial charge in [-0.3, -0.25) is 0 Å². The molecule has 2 aromatic carbocycles. The van der Waals surface area contributed by atoms with Crippen LogP contribution in [0.3, 0.4) is 0 Å². The first-order chi connectivity index (χ1) is 11.0. The molecular formula is C20H25O2Si. The largest absolute Gasteiger partial charge is 0.407 e. The predicted octanol–water partition coefficient (Wildman–Crippen LogP) is 3.17. The van der Waals surface area contributed by atoms with Crippen molar-refractivity contribution in [2.75, 3.05) is 19.8 Å². The Morgan fingerprint density at radius 3 is 1.70 bits per heavy atom. The van der Waals surface area contributed by atoms with Gasteiger partial charge in [-0.2, -0.15) is 0 Å². The summed E-state index contributed by atoms with van der Waals surface area (Å²) in [7, 11) is -2.37. The third-order valence-electron chi connectivity index (χ3n) is 4.52. The normalized spacial score (nSPS) is 16.1. The van der Waals surface area contributed by atoms with Gasteiger partial charge in [0, 0.05) is 6.61 Å². The quantitative estimate of drug-likeness (QED) is 0.786. The van der Waals surface area contributed by atoms with Gasteiger partial charge in [0.05, 0.1) is 19.1 Å². The van der Waals surface area contributed by atoms with Gasteiger partial charge in [-0.05, 0) is 15.4 Å². The lowest BCUT2D eigenvalue weighted by molar-refractivity contribution is 0.0437. The first-order valence-electron chi connectivity index (χ1n) is 8.20. The minimum absolute atomic E-state index is 0.0425. The minimum atomic E-state index is -2.37. The van der Waals surface area contributed by atoms with E-state index in [4.69, 9.17) is 9.16 Å². The number of benzene rings is 2. The molecule has 0 saturated carbocycles. The Bertz CT molecular complexity index is 576. The zero-order chi connectivity index (χ0) is 16.3. The Morgan fingerprint density at radius 1 is 0.870 bits per heavy atom. The summed E-state index contributed by atoms with van der Waals surface area (Å²) in [4.78, 5) is 0. The first-order valence-corrected chi connectivity index (χ1v) is 10.1. The standard InChI is InChI=1S/C20H25O2Si/c1-20(2,3)23(18-10-6-4-7-11-18,19-12-8-5-9-13-19)22-16-17-14-21-15-17/h4-13H,14-16H2,1-3H3. The molecule has 1 aliphatic rings. The summed E-state index contributed by atoms with van der Waals surface area (Å²) in [5.74, 6) is 1.36. The van der Waals surface area contributed by atoms with Crippen molar-refractivity contribution in [1.82, 2.24) is 0 Å². The molecule has 0 spiro atoms. The maximum atomic E-state index is 6.79. The smallest absolute Gasteiger partial charge is 0.261 e. The lowest BCUT2D eigenvalue weighted by atomic mass is 10.1. The monoisotopic (exact) mass is 325 g/mol. The maximum absolute atomic E-state index is 6.79. The summed E-state index contributed by atoms with van der Waals surface area (Å²) in [6.07, 6.45) is 0. The van der Waals surface area contributed by atoms with Gasteiger partial charge in [0.25, 0.3) is 8.32 Å². The lowest BCUT2D eigenvalue weighted by Gasteiger charge is -2.44. The second-order valence-electron chi connectivity index (χ2n) is 7.19. The Kier molecular flexibility index (Phi) is 4.71. The van der Waals surface area contributed by atoms with Crippen LogP contribution in [0.15, 0.2) is 60.7 Å². The minimum Gasteiger partial charge on any atom is -0.407 e. The van der Waals surface area contributed by atoms with E-state index in [9.17, 15) is 0 Å². The van der Waals surface area contributed by atoms with Crippen molar-refractivity contribution in [3.05, 3.63) is 66.6 Å². The Balaban J connectivity index is 2.08. The van der Waals surface area contributed by atoms with Crippen molar-refractivity contribution in [1.29, 1.82) is 0 Å². The van der Waals surface area contributed by atoms with Crippen LogP contribution in [0, 0.1) is 5.92 Å². The van der Waals surface area contributed by atoms with Gasteiger partial charge in [0.2, 0.25) is 0 Å². The van der Waals surface area contributed by atoms with Gasteiger partial charge in [-0.1, -0.05) is 81.4 Å². The highest BCUT2D eigenvalue weighted by molar-refractivity contribution is 6.99. The van der Waals surface area contributed by atoms with Crippen molar-refractivity contribution in [2.24, 2.45) is 0 Å². The van der Waals surface area contributed by atoms with Gasteiger partial charge in [-0.15, -0.1) is 0 Å². The van der Waals surface area contributed by atoms with E-state index in [1.165, 1.54) is 16.3 Å². The zero-order valence-corrected chi connectivity index (χ0v) is 15.2. The molecule has 1 heterocycles. The van der Waals surface area contributed by atoms with Crippen molar-refractivity contribution >= 4 is 18.7 Å². The Morgan fingerprint density at radius 2 is 1.35 bits per heavy atom. The summed E-state index contributed by atoms with van der Waals surface area (Å²) in [5.41, 5.74) is 0. The van der Waals surface area contributed by atoms with E-state index in [1.807, 2.05) is 0 Å². The fraction of sp³-hybridized carbons (Fsp3) is 0.350. The van der Waals surface area contributed by atoms with E-state index in [0.29, 0.717) is 6.61 Å². The zero-order valence-electron chi connectivity index (χ0n) is 14.2. The number of ether oxygens (including phenoxy) is 1. The first kappa shape index (κ1) is 16.4. The van der Waals surface area contributed by atoms with Crippen LogP contribution in [-0.4, -0.2) is 28.1 Å². The molecule has 3 heteroatoms. The fourth-order valence-corrected chi connectivity index (χ4v) is 7.88. The molecule has 1 aliphatic heterocycles. The van der Waals surface area contributed by atoms with Crippen LogP contribution in [-0.2, 0) is 9.16 Å². The summed E-state index contributed by atoms with van der Waals surface area (Å²) >= 11 is 0. The molecule has 0 aromatic heterocycles. The highest BCUT2D eigenvalue weighted by Crippen LogP contribution is 2.37. The fourth-order valence-electron chi connectivity index (χ4n) is 3.30. The van der Waals surface area contributed by atoms with E-state index in [0.717, 1.165) is 13.2 Å². The molecule has 121 valence electrons. The van der Waals surface area contributed by atoms with E-state index < -0.39 is 8.32 Å². The molecule has 1 radical (unpaired) electrons. The third-order valence-corrected chi connectivity index (χ3v) is 9.50.